The third-order valence-electron chi connectivity index (χ3n) is 2.95. The molecular weight excluding hydrogens is 310 g/mol. The number of rotatable bonds is 8. The van der Waals surface area contributed by atoms with Gasteiger partial charge in [0, 0.05) is 12.6 Å². The van der Waals surface area contributed by atoms with Crippen LogP contribution >= 0.6 is 0 Å². The van der Waals surface area contributed by atoms with Crippen LogP contribution in [0.2, 0.25) is 0 Å². The minimum absolute atomic E-state index is 0.0472. The zero-order valence-corrected chi connectivity index (χ0v) is 12.8. The second-order valence-electron chi connectivity index (χ2n) is 4.51. The van der Waals surface area contributed by atoms with Crippen molar-refractivity contribution in [3.8, 4) is 0 Å². The molecule has 8 nitrogen and oxygen atoms in total. The fourth-order valence-corrected chi connectivity index (χ4v) is 5.35. The number of nitrogens with zero attached hydrogens (tertiary/aromatic N) is 1. The summed E-state index contributed by atoms with van der Waals surface area (Å²) in [4.78, 5) is 10.8. The molecule has 0 aromatic carbocycles. The molecule has 0 spiro atoms. The summed E-state index contributed by atoms with van der Waals surface area (Å²) in [5, 5.41) is 8.82. The number of hydrogen-bond acceptors (Lipinski definition) is 6. The van der Waals surface area contributed by atoms with Crippen LogP contribution in [0.15, 0.2) is 0 Å². The van der Waals surface area contributed by atoms with E-state index < -0.39 is 38.4 Å². The van der Waals surface area contributed by atoms with Crippen LogP contribution in [0.25, 0.3) is 0 Å². The van der Waals surface area contributed by atoms with Crippen molar-refractivity contribution in [2.45, 2.75) is 19.4 Å². The Balaban J connectivity index is 2.86. The molecule has 0 aromatic rings. The van der Waals surface area contributed by atoms with E-state index in [2.05, 4.69) is 0 Å². The second kappa shape index (κ2) is 6.83. The van der Waals surface area contributed by atoms with Gasteiger partial charge in [-0.3, -0.25) is 4.79 Å². The van der Waals surface area contributed by atoms with E-state index in [-0.39, 0.29) is 30.3 Å². The van der Waals surface area contributed by atoms with Gasteiger partial charge in [-0.05, 0) is 13.3 Å². The normalized spacial score (nSPS) is 22.2. The van der Waals surface area contributed by atoms with E-state index >= 15 is 0 Å². The molecule has 0 aliphatic carbocycles. The van der Waals surface area contributed by atoms with E-state index in [1.54, 1.807) is 6.92 Å². The Morgan fingerprint density at radius 1 is 1.45 bits per heavy atom. The average Bonchev–Trinajstić information content (AvgIpc) is 2.66. The number of ether oxygens (including phenoxy) is 1. The largest absolute Gasteiger partial charge is 0.480 e. The van der Waals surface area contributed by atoms with Crippen LogP contribution < -0.4 is 0 Å². The molecule has 20 heavy (non-hydrogen) atoms. The van der Waals surface area contributed by atoms with E-state index in [1.165, 1.54) is 0 Å². The monoisotopic (exact) mass is 329 g/mol. The van der Waals surface area contributed by atoms with Crippen molar-refractivity contribution in [2.24, 2.45) is 0 Å². The Hall–Kier alpha value is -0.710. The number of aliphatic carboxylic acids is 1. The predicted molar refractivity (Wildman–Crippen MR) is 71.7 cm³/mol. The highest BCUT2D eigenvalue weighted by Crippen LogP contribution is 2.20. The summed E-state index contributed by atoms with van der Waals surface area (Å²) >= 11 is 0. The Bertz CT molecular complexity index is 540. The molecule has 0 bridgehead atoms. The van der Waals surface area contributed by atoms with Crippen LogP contribution in [0.3, 0.4) is 0 Å². The van der Waals surface area contributed by atoms with Crippen LogP contribution in [-0.4, -0.2) is 75.3 Å². The highest BCUT2D eigenvalue weighted by molar-refractivity contribution is 7.92. The van der Waals surface area contributed by atoms with Crippen molar-refractivity contribution >= 4 is 25.8 Å². The Labute approximate surface area is 118 Å². The first kappa shape index (κ1) is 17.3. The maximum absolute atomic E-state index is 12.1. The molecule has 1 unspecified atom stereocenters. The Kier molecular flexibility index (Phi) is 5.92. The summed E-state index contributed by atoms with van der Waals surface area (Å²) in [5.41, 5.74) is 0. The summed E-state index contributed by atoms with van der Waals surface area (Å²) in [7, 11) is -7.15. The van der Waals surface area contributed by atoms with Gasteiger partial charge in [-0.2, -0.15) is 4.31 Å². The lowest BCUT2D eigenvalue weighted by Crippen LogP contribution is -2.45. The maximum Gasteiger partial charge on any atom is 0.318 e. The zero-order chi connectivity index (χ0) is 15.4. The molecule has 0 aromatic heterocycles. The third kappa shape index (κ3) is 5.00. The first-order valence-electron chi connectivity index (χ1n) is 6.17. The molecule has 0 radical (unpaired) electrons. The van der Waals surface area contributed by atoms with Crippen LogP contribution in [0.1, 0.15) is 13.3 Å². The molecule has 1 heterocycles. The minimum Gasteiger partial charge on any atom is -0.480 e. The maximum atomic E-state index is 12.1. The van der Waals surface area contributed by atoms with Gasteiger partial charge in [0.05, 0.1) is 23.9 Å². The lowest BCUT2D eigenvalue weighted by Gasteiger charge is -2.25. The molecule has 1 N–H and O–H groups in total. The molecule has 1 rings (SSSR count). The van der Waals surface area contributed by atoms with Crippen molar-refractivity contribution in [1.82, 2.24) is 4.31 Å². The van der Waals surface area contributed by atoms with E-state index in [4.69, 9.17) is 9.84 Å². The molecule has 1 aliphatic heterocycles. The average molecular weight is 329 g/mol. The van der Waals surface area contributed by atoms with Crippen molar-refractivity contribution < 1.29 is 31.5 Å². The van der Waals surface area contributed by atoms with Crippen molar-refractivity contribution in [3.05, 3.63) is 0 Å². The minimum atomic E-state index is -3.86. The molecule has 1 saturated heterocycles. The molecule has 10 heteroatoms. The van der Waals surface area contributed by atoms with E-state index in [1.807, 2.05) is 0 Å². The fraction of sp³-hybridized carbons (Fsp3) is 0.900. The van der Waals surface area contributed by atoms with Gasteiger partial charge in [0.1, 0.15) is 6.54 Å². The van der Waals surface area contributed by atoms with Crippen LogP contribution in [0, 0.1) is 0 Å². The Morgan fingerprint density at radius 3 is 2.55 bits per heavy atom. The van der Waals surface area contributed by atoms with E-state index in [0.29, 0.717) is 6.61 Å². The number of hydrogen-bond donors (Lipinski definition) is 1. The standard InChI is InChI=1S/C10H19NO7S2/c1-2-18-4-6-20(16,17)11(7-10(12)13)9-3-5-19(14,15)8-9/h9H,2-8H2,1H3,(H,12,13). The summed E-state index contributed by atoms with van der Waals surface area (Å²) < 4.78 is 52.8. The fourth-order valence-electron chi connectivity index (χ4n) is 2.02. The predicted octanol–water partition coefficient (Wildman–Crippen LogP) is -1.07. The van der Waals surface area contributed by atoms with Gasteiger partial charge in [-0.1, -0.05) is 0 Å². The Morgan fingerprint density at radius 2 is 2.10 bits per heavy atom. The lowest BCUT2D eigenvalue weighted by atomic mass is 10.2. The number of carboxylic acids is 1. The molecule has 1 aliphatic rings. The van der Waals surface area contributed by atoms with Crippen molar-refractivity contribution in [1.29, 1.82) is 0 Å². The number of sulfonamides is 1. The summed E-state index contributed by atoms with van der Waals surface area (Å²) in [5.74, 6) is -2.11. The smallest absolute Gasteiger partial charge is 0.318 e. The first-order chi connectivity index (χ1) is 9.18. The molecule has 118 valence electrons. The van der Waals surface area contributed by atoms with Crippen LogP contribution in [0.5, 0.6) is 0 Å². The first-order valence-corrected chi connectivity index (χ1v) is 9.60. The highest BCUT2D eigenvalue weighted by Gasteiger charge is 2.38. The summed E-state index contributed by atoms with van der Waals surface area (Å²) in [6.45, 7) is 1.29. The van der Waals surface area contributed by atoms with Gasteiger partial charge in [0.2, 0.25) is 10.0 Å². The summed E-state index contributed by atoms with van der Waals surface area (Å²) in [6.07, 6.45) is 0.128. The van der Waals surface area contributed by atoms with E-state index in [9.17, 15) is 21.6 Å². The molecular formula is C10H19NO7S2. The van der Waals surface area contributed by atoms with Crippen LogP contribution in [-0.2, 0) is 29.4 Å². The molecule has 0 amide bonds. The van der Waals surface area contributed by atoms with Crippen molar-refractivity contribution in [3.63, 3.8) is 0 Å². The van der Waals surface area contributed by atoms with Gasteiger partial charge in [0.25, 0.3) is 0 Å². The third-order valence-corrected chi connectivity index (χ3v) is 6.53. The number of carbonyl (C=O) groups is 1. The second-order valence-corrected chi connectivity index (χ2v) is 8.78. The lowest BCUT2D eigenvalue weighted by molar-refractivity contribution is -0.137. The SMILES string of the molecule is CCOCCS(=O)(=O)N(CC(=O)O)C1CCS(=O)(=O)C1. The number of carboxylic acid groups (broad SMARTS) is 1. The van der Waals surface area contributed by atoms with E-state index in [0.717, 1.165) is 4.31 Å². The van der Waals surface area contributed by atoms with Crippen LogP contribution in [0.4, 0.5) is 0 Å². The molecule has 0 saturated carbocycles. The number of sulfone groups is 1. The van der Waals surface area contributed by atoms with Gasteiger partial charge in [0.15, 0.2) is 9.84 Å². The zero-order valence-electron chi connectivity index (χ0n) is 11.2. The molecule has 1 atom stereocenters. The quantitative estimate of drug-likeness (QED) is 0.563. The summed E-state index contributed by atoms with van der Waals surface area (Å²) in [6, 6.07) is -0.803. The highest BCUT2D eigenvalue weighted by atomic mass is 32.2. The van der Waals surface area contributed by atoms with Crippen molar-refractivity contribution in [2.75, 3.05) is 37.0 Å². The van der Waals surface area contributed by atoms with Gasteiger partial charge >= 0.3 is 5.97 Å². The van der Waals surface area contributed by atoms with Gasteiger partial charge in [-0.25, -0.2) is 16.8 Å². The topological polar surface area (TPSA) is 118 Å². The van der Waals surface area contributed by atoms with Gasteiger partial charge in [-0.15, -0.1) is 0 Å². The van der Waals surface area contributed by atoms with Gasteiger partial charge < -0.3 is 9.84 Å². The molecule has 1 fully saturated rings.